The van der Waals surface area contributed by atoms with Gasteiger partial charge in [0.15, 0.2) is 0 Å². The Kier molecular flexibility index (Phi) is 7.49. The molecule has 2 aromatic rings. The zero-order chi connectivity index (χ0) is 21.3. The zero-order valence-corrected chi connectivity index (χ0v) is 17.4. The third-order valence-electron chi connectivity index (χ3n) is 5.14. The van der Waals surface area contributed by atoms with Crippen LogP contribution in [0.1, 0.15) is 30.1 Å². The molecule has 0 saturated carbocycles. The van der Waals surface area contributed by atoms with E-state index in [2.05, 4.69) is 24.1 Å². The first kappa shape index (κ1) is 21.4. The van der Waals surface area contributed by atoms with Gasteiger partial charge in [0.2, 0.25) is 5.91 Å². The molecule has 158 valence electrons. The van der Waals surface area contributed by atoms with Crippen molar-refractivity contribution in [1.29, 1.82) is 0 Å². The minimum atomic E-state index is -0.182. The van der Waals surface area contributed by atoms with Crippen molar-refractivity contribution < 1.29 is 14.3 Å². The summed E-state index contributed by atoms with van der Waals surface area (Å²) < 4.78 is 5.44. The molecule has 6 nitrogen and oxygen atoms in total. The molecule has 1 aliphatic rings. The Bertz CT molecular complexity index is 872. The van der Waals surface area contributed by atoms with E-state index in [0.29, 0.717) is 23.8 Å². The zero-order valence-electron chi connectivity index (χ0n) is 17.4. The van der Waals surface area contributed by atoms with Crippen molar-refractivity contribution in [3.8, 4) is 5.75 Å². The first-order valence-corrected chi connectivity index (χ1v) is 10.3. The molecule has 1 fully saturated rings. The van der Waals surface area contributed by atoms with Crippen LogP contribution < -0.4 is 15.4 Å². The average molecular weight is 408 g/mol. The Morgan fingerprint density at radius 2 is 1.87 bits per heavy atom. The smallest absolute Gasteiger partial charge is 0.253 e. The number of amides is 2. The lowest BCUT2D eigenvalue weighted by atomic mass is 9.98. The second kappa shape index (κ2) is 10.5. The van der Waals surface area contributed by atoms with Crippen LogP contribution in [-0.4, -0.2) is 43.0 Å². The van der Waals surface area contributed by atoms with Gasteiger partial charge >= 0.3 is 0 Å². The highest BCUT2D eigenvalue weighted by atomic mass is 16.5. The second-order valence-electron chi connectivity index (χ2n) is 7.58. The first-order valence-electron chi connectivity index (χ1n) is 10.3. The maximum absolute atomic E-state index is 12.7. The predicted molar refractivity (Wildman–Crippen MR) is 120 cm³/mol. The Morgan fingerprint density at radius 3 is 2.57 bits per heavy atom. The van der Waals surface area contributed by atoms with E-state index in [4.69, 9.17) is 4.74 Å². The molecule has 2 amide bonds. The lowest BCUT2D eigenvalue weighted by Gasteiger charge is -2.30. The molecule has 0 atom stereocenters. The van der Waals surface area contributed by atoms with E-state index < -0.39 is 0 Å². The molecule has 1 aliphatic heterocycles. The Morgan fingerprint density at radius 1 is 1.13 bits per heavy atom. The fraction of sp³-hybridized carbons (Fsp3) is 0.333. The van der Waals surface area contributed by atoms with Crippen molar-refractivity contribution in [3.63, 3.8) is 0 Å². The molecule has 0 bridgehead atoms. The van der Waals surface area contributed by atoms with Crippen molar-refractivity contribution in [3.05, 3.63) is 66.7 Å². The van der Waals surface area contributed by atoms with Gasteiger partial charge in [0.25, 0.3) is 5.91 Å². The minimum Gasteiger partial charge on any atom is -0.490 e. The van der Waals surface area contributed by atoms with Gasteiger partial charge < -0.3 is 20.3 Å². The van der Waals surface area contributed by atoms with Gasteiger partial charge in [-0.25, -0.2) is 0 Å². The molecule has 3 rings (SSSR count). The standard InChI is InChI=1S/C24H29N3O3/c1-3-15-30-22-9-7-20(8-10-22)25-17-23(28)26-21-6-4-5-19(16-21)24(29)27-13-11-18(2)12-14-27/h3-10,16,18,25H,1,11-15,17H2,2H3,(H,26,28). The molecule has 0 radical (unpaired) electrons. The summed E-state index contributed by atoms with van der Waals surface area (Å²) in [7, 11) is 0. The molecule has 1 saturated heterocycles. The van der Waals surface area contributed by atoms with Crippen LogP contribution in [0.2, 0.25) is 0 Å². The fourth-order valence-electron chi connectivity index (χ4n) is 3.34. The van der Waals surface area contributed by atoms with Gasteiger partial charge in [0.1, 0.15) is 12.4 Å². The molecule has 0 spiro atoms. The number of nitrogens with one attached hydrogen (secondary N) is 2. The van der Waals surface area contributed by atoms with E-state index in [1.165, 1.54) is 0 Å². The molecule has 6 heteroatoms. The Balaban J connectivity index is 1.51. The van der Waals surface area contributed by atoms with Gasteiger partial charge in [0, 0.05) is 30.0 Å². The van der Waals surface area contributed by atoms with Gasteiger partial charge in [-0.05, 0) is 61.2 Å². The normalized spacial score (nSPS) is 14.1. The summed E-state index contributed by atoms with van der Waals surface area (Å²) in [5, 5.41) is 5.93. The van der Waals surface area contributed by atoms with Crippen LogP contribution in [0.3, 0.4) is 0 Å². The number of carbonyl (C=O) groups is 2. The summed E-state index contributed by atoms with van der Waals surface area (Å²) in [5.74, 6) is 1.26. The second-order valence-corrected chi connectivity index (χ2v) is 7.58. The van der Waals surface area contributed by atoms with Crippen molar-refractivity contribution in [2.24, 2.45) is 5.92 Å². The largest absolute Gasteiger partial charge is 0.490 e. The van der Waals surface area contributed by atoms with Crippen molar-refractivity contribution in [1.82, 2.24) is 4.90 Å². The van der Waals surface area contributed by atoms with E-state index in [1.54, 1.807) is 30.3 Å². The van der Waals surface area contributed by atoms with Crippen molar-refractivity contribution >= 4 is 23.2 Å². The summed E-state index contributed by atoms with van der Waals surface area (Å²) >= 11 is 0. The number of hydrogen-bond acceptors (Lipinski definition) is 4. The van der Waals surface area contributed by atoms with Crippen LogP contribution in [0, 0.1) is 5.92 Å². The molecule has 2 aromatic carbocycles. The third-order valence-corrected chi connectivity index (χ3v) is 5.14. The molecule has 1 heterocycles. The molecule has 0 aliphatic carbocycles. The van der Waals surface area contributed by atoms with Crippen LogP contribution in [0.15, 0.2) is 61.2 Å². The van der Waals surface area contributed by atoms with Gasteiger partial charge in [0.05, 0.1) is 6.54 Å². The van der Waals surface area contributed by atoms with Crippen LogP contribution in [0.25, 0.3) is 0 Å². The van der Waals surface area contributed by atoms with Gasteiger partial charge in [-0.3, -0.25) is 9.59 Å². The highest BCUT2D eigenvalue weighted by Gasteiger charge is 2.21. The monoisotopic (exact) mass is 407 g/mol. The number of ether oxygens (including phenoxy) is 1. The number of likely N-dealkylation sites (tertiary alicyclic amines) is 1. The highest BCUT2D eigenvalue weighted by molar-refractivity contribution is 5.98. The van der Waals surface area contributed by atoms with Crippen LogP contribution in [-0.2, 0) is 4.79 Å². The van der Waals surface area contributed by atoms with Crippen LogP contribution in [0.4, 0.5) is 11.4 Å². The Labute approximate surface area is 177 Å². The molecule has 2 N–H and O–H groups in total. The first-order chi connectivity index (χ1) is 14.5. The van der Waals surface area contributed by atoms with Gasteiger partial charge in [-0.15, -0.1) is 0 Å². The summed E-state index contributed by atoms with van der Waals surface area (Å²) in [4.78, 5) is 26.9. The van der Waals surface area contributed by atoms with E-state index in [9.17, 15) is 9.59 Å². The molecular weight excluding hydrogens is 378 g/mol. The summed E-state index contributed by atoms with van der Waals surface area (Å²) in [5.41, 5.74) is 2.04. The number of benzene rings is 2. The number of nitrogens with zero attached hydrogens (tertiary/aromatic N) is 1. The van der Waals surface area contributed by atoms with E-state index >= 15 is 0 Å². The number of anilines is 2. The maximum Gasteiger partial charge on any atom is 0.253 e. The van der Waals surface area contributed by atoms with Gasteiger partial charge in [-0.2, -0.15) is 0 Å². The van der Waals surface area contributed by atoms with Gasteiger partial charge in [-0.1, -0.05) is 25.6 Å². The average Bonchev–Trinajstić information content (AvgIpc) is 2.77. The molecule has 30 heavy (non-hydrogen) atoms. The summed E-state index contributed by atoms with van der Waals surface area (Å²) in [6.07, 6.45) is 3.76. The maximum atomic E-state index is 12.7. The summed E-state index contributed by atoms with van der Waals surface area (Å²) in [6.45, 7) is 7.99. The SMILES string of the molecule is C=CCOc1ccc(NCC(=O)Nc2cccc(C(=O)N3CCC(C)CC3)c2)cc1. The van der Waals surface area contributed by atoms with Crippen LogP contribution >= 0.6 is 0 Å². The minimum absolute atomic E-state index is 0.0230. The van der Waals surface area contributed by atoms with Crippen LogP contribution in [0.5, 0.6) is 5.75 Å². The fourth-order valence-corrected chi connectivity index (χ4v) is 3.34. The van der Waals surface area contributed by atoms with Crippen molar-refractivity contribution in [2.75, 3.05) is 36.9 Å². The lowest BCUT2D eigenvalue weighted by molar-refractivity contribution is -0.114. The highest BCUT2D eigenvalue weighted by Crippen LogP contribution is 2.20. The predicted octanol–water partition coefficient (Wildman–Crippen LogP) is 4.17. The van der Waals surface area contributed by atoms with E-state index in [0.717, 1.165) is 37.4 Å². The Hall–Kier alpha value is -3.28. The van der Waals surface area contributed by atoms with Crippen molar-refractivity contribution in [2.45, 2.75) is 19.8 Å². The topological polar surface area (TPSA) is 70.7 Å². The lowest BCUT2D eigenvalue weighted by Crippen LogP contribution is -2.37. The number of carbonyl (C=O) groups excluding carboxylic acids is 2. The summed E-state index contributed by atoms with van der Waals surface area (Å²) in [6, 6.07) is 14.5. The molecule has 0 aromatic heterocycles. The quantitative estimate of drug-likeness (QED) is 0.644. The van der Waals surface area contributed by atoms with E-state index in [1.807, 2.05) is 29.2 Å². The third kappa shape index (κ3) is 6.11. The van der Waals surface area contributed by atoms with E-state index in [-0.39, 0.29) is 18.4 Å². The molecular formula is C24H29N3O3. The molecule has 0 unspecified atom stereocenters. The number of hydrogen-bond donors (Lipinski definition) is 2. The number of rotatable bonds is 8. The number of piperidine rings is 1.